The van der Waals surface area contributed by atoms with Crippen LogP contribution in [0.3, 0.4) is 0 Å². The van der Waals surface area contributed by atoms with Gasteiger partial charge in [-0.25, -0.2) is 8.42 Å². The second-order valence-corrected chi connectivity index (χ2v) is 9.99. The van der Waals surface area contributed by atoms with Crippen molar-refractivity contribution in [2.24, 2.45) is 0 Å². The van der Waals surface area contributed by atoms with Gasteiger partial charge in [0.05, 0.1) is 17.6 Å². The summed E-state index contributed by atoms with van der Waals surface area (Å²) < 4.78 is 33.5. The molecule has 3 N–H and O–H groups in total. The van der Waals surface area contributed by atoms with Gasteiger partial charge in [-0.1, -0.05) is 48.5 Å². The summed E-state index contributed by atoms with van der Waals surface area (Å²) in [7, 11) is -3.65. The molecule has 7 nitrogen and oxygen atoms in total. The average molecular weight is 498 g/mol. The SMILES string of the molecule is O=C(O)CCc1ccccc1OCCC[C@H](O)CCc1cccc(NS(=O)(=O)c2ccccc2)c1. The minimum atomic E-state index is -3.65. The number of aryl methyl sites for hydroxylation is 2. The van der Waals surface area contributed by atoms with E-state index in [1.54, 1.807) is 48.5 Å². The Morgan fingerprint density at radius 1 is 0.914 bits per heavy atom. The first-order valence-electron chi connectivity index (χ1n) is 11.6. The maximum atomic E-state index is 12.5. The number of aliphatic hydroxyl groups excluding tert-OH is 1. The van der Waals surface area contributed by atoms with Gasteiger partial charge in [-0.05, 0) is 73.6 Å². The third kappa shape index (κ3) is 8.73. The molecule has 3 aromatic rings. The Labute approximate surface area is 206 Å². The molecule has 1 atom stereocenters. The number of para-hydroxylation sites is 1. The van der Waals surface area contributed by atoms with Crippen LogP contribution in [0.2, 0.25) is 0 Å². The summed E-state index contributed by atoms with van der Waals surface area (Å²) in [5, 5.41) is 19.3. The number of anilines is 1. The van der Waals surface area contributed by atoms with Crippen molar-refractivity contribution < 1.29 is 28.2 Å². The number of benzene rings is 3. The van der Waals surface area contributed by atoms with Crippen LogP contribution in [0.1, 0.15) is 36.8 Å². The van der Waals surface area contributed by atoms with Gasteiger partial charge < -0.3 is 14.9 Å². The van der Waals surface area contributed by atoms with Crippen LogP contribution in [0, 0.1) is 0 Å². The summed E-state index contributed by atoms with van der Waals surface area (Å²) in [6.45, 7) is 0.428. The van der Waals surface area contributed by atoms with E-state index in [1.807, 2.05) is 30.3 Å². The molecule has 0 aliphatic carbocycles. The number of carboxylic acids is 1. The first-order valence-corrected chi connectivity index (χ1v) is 13.1. The van der Waals surface area contributed by atoms with Crippen molar-refractivity contribution in [2.45, 2.75) is 49.5 Å². The number of carboxylic acid groups (broad SMARTS) is 1. The van der Waals surface area contributed by atoms with Gasteiger partial charge in [0.25, 0.3) is 10.0 Å². The van der Waals surface area contributed by atoms with Gasteiger partial charge in [-0.3, -0.25) is 9.52 Å². The van der Waals surface area contributed by atoms with E-state index in [9.17, 15) is 18.3 Å². The van der Waals surface area contributed by atoms with E-state index in [-0.39, 0.29) is 11.3 Å². The summed E-state index contributed by atoms with van der Waals surface area (Å²) in [4.78, 5) is 11.0. The largest absolute Gasteiger partial charge is 0.493 e. The fourth-order valence-electron chi connectivity index (χ4n) is 3.68. The molecule has 0 aliphatic heterocycles. The maximum absolute atomic E-state index is 12.5. The summed E-state index contributed by atoms with van der Waals surface area (Å²) in [6, 6.07) is 22.8. The summed E-state index contributed by atoms with van der Waals surface area (Å²) >= 11 is 0. The fraction of sp³-hybridized carbons (Fsp3) is 0.296. The van der Waals surface area contributed by atoms with Crippen LogP contribution in [-0.2, 0) is 27.7 Å². The van der Waals surface area contributed by atoms with E-state index < -0.39 is 22.1 Å². The number of aliphatic carboxylic acids is 1. The summed E-state index contributed by atoms with van der Waals surface area (Å²) in [6.07, 6.45) is 2.34. The normalized spacial score (nSPS) is 12.1. The number of nitrogens with one attached hydrogen (secondary N) is 1. The Kier molecular flexibility index (Phi) is 9.69. The molecule has 0 bridgehead atoms. The predicted octanol–water partition coefficient (Wildman–Crippen LogP) is 4.66. The second-order valence-electron chi connectivity index (χ2n) is 8.30. The lowest BCUT2D eigenvalue weighted by atomic mass is 10.0. The lowest BCUT2D eigenvalue weighted by molar-refractivity contribution is -0.136. The smallest absolute Gasteiger partial charge is 0.303 e. The molecule has 186 valence electrons. The number of ether oxygens (including phenoxy) is 1. The second kappa shape index (κ2) is 12.9. The summed E-state index contributed by atoms with van der Waals surface area (Å²) in [5.74, 6) is -0.167. The first kappa shape index (κ1) is 26.2. The van der Waals surface area contributed by atoms with E-state index in [0.717, 1.165) is 11.1 Å². The van der Waals surface area contributed by atoms with Crippen molar-refractivity contribution in [3.8, 4) is 5.75 Å². The third-order valence-electron chi connectivity index (χ3n) is 5.52. The molecule has 3 rings (SSSR count). The molecule has 0 heterocycles. The van der Waals surface area contributed by atoms with Crippen LogP contribution in [-0.4, -0.2) is 37.3 Å². The molecule has 0 radical (unpaired) electrons. The van der Waals surface area contributed by atoms with Gasteiger partial charge >= 0.3 is 5.97 Å². The third-order valence-corrected chi connectivity index (χ3v) is 6.92. The van der Waals surface area contributed by atoms with Crippen LogP contribution < -0.4 is 9.46 Å². The van der Waals surface area contributed by atoms with Crippen molar-refractivity contribution in [1.29, 1.82) is 0 Å². The average Bonchev–Trinajstić information content (AvgIpc) is 2.85. The van der Waals surface area contributed by atoms with E-state index in [2.05, 4.69) is 4.72 Å². The number of carbonyl (C=O) groups is 1. The molecule has 0 aliphatic rings. The molecular weight excluding hydrogens is 466 g/mol. The van der Waals surface area contributed by atoms with Crippen LogP contribution in [0.15, 0.2) is 83.8 Å². The molecule has 8 heteroatoms. The Bertz CT molecular complexity index is 1200. The molecule has 0 fully saturated rings. The van der Waals surface area contributed by atoms with Crippen LogP contribution in [0.5, 0.6) is 5.75 Å². The predicted molar refractivity (Wildman–Crippen MR) is 135 cm³/mol. The zero-order valence-corrected chi connectivity index (χ0v) is 20.3. The van der Waals surface area contributed by atoms with Gasteiger partial charge in [0, 0.05) is 12.1 Å². The van der Waals surface area contributed by atoms with Crippen LogP contribution in [0.25, 0.3) is 0 Å². The Morgan fingerprint density at radius 2 is 1.66 bits per heavy atom. The highest BCUT2D eigenvalue weighted by atomic mass is 32.2. The van der Waals surface area contributed by atoms with Gasteiger partial charge in [0.15, 0.2) is 0 Å². The lowest BCUT2D eigenvalue weighted by Gasteiger charge is -2.14. The quantitative estimate of drug-likeness (QED) is 0.279. The highest BCUT2D eigenvalue weighted by Crippen LogP contribution is 2.21. The Balaban J connectivity index is 1.43. The number of rotatable bonds is 14. The van der Waals surface area contributed by atoms with Crippen molar-refractivity contribution >= 4 is 21.7 Å². The van der Waals surface area contributed by atoms with E-state index in [4.69, 9.17) is 9.84 Å². The molecular formula is C27H31NO6S. The molecule has 0 saturated heterocycles. The van der Waals surface area contributed by atoms with Crippen molar-refractivity contribution in [3.05, 3.63) is 90.0 Å². The Hall–Kier alpha value is -3.36. The standard InChI is InChI=1S/C27H31NO6S/c29-24(11-7-19-34-26-14-5-4-9-22(26)16-18-27(30)31)17-15-21-8-6-10-23(20-21)28-35(32,33)25-12-2-1-3-13-25/h1-6,8-10,12-14,20,24,28-29H,7,11,15-19H2,(H,30,31)/t24-/m0/s1. The maximum Gasteiger partial charge on any atom is 0.303 e. The molecule has 0 amide bonds. The number of hydrogen-bond donors (Lipinski definition) is 3. The lowest BCUT2D eigenvalue weighted by Crippen LogP contribution is -2.13. The van der Waals surface area contributed by atoms with Crippen molar-refractivity contribution in [3.63, 3.8) is 0 Å². The van der Waals surface area contributed by atoms with E-state index >= 15 is 0 Å². The molecule has 0 unspecified atom stereocenters. The monoisotopic (exact) mass is 497 g/mol. The van der Waals surface area contributed by atoms with Crippen LogP contribution >= 0.6 is 0 Å². The van der Waals surface area contributed by atoms with Gasteiger partial charge in [-0.15, -0.1) is 0 Å². The number of hydrogen-bond acceptors (Lipinski definition) is 5. The highest BCUT2D eigenvalue weighted by Gasteiger charge is 2.14. The van der Waals surface area contributed by atoms with Crippen molar-refractivity contribution in [2.75, 3.05) is 11.3 Å². The Morgan fingerprint density at radius 3 is 2.43 bits per heavy atom. The van der Waals surface area contributed by atoms with E-state index in [0.29, 0.717) is 50.1 Å². The first-order chi connectivity index (χ1) is 16.8. The number of aliphatic hydroxyl groups is 1. The highest BCUT2D eigenvalue weighted by molar-refractivity contribution is 7.92. The van der Waals surface area contributed by atoms with Gasteiger partial charge in [0.2, 0.25) is 0 Å². The fourth-order valence-corrected chi connectivity index (χ4v) is 4.75. The van der Waals surface area contributed by atoms with Gasteiger partial charge in [-0.2, -0.15) is 0 Å². The minimum Gasteiger partial charge on any atom is -0.493 e. The molecule has 0 spiro atoms. The molecule has 3 aromatic carbocycles. The zero-order chi connectivity index (χ0) is 25.1. The van der Waals surface area contributed by atoms with E-state index in [1.165, 1.54) is 0 Å². The summed E-state index contributed by atoms with van der Waals surface area (Å²) in [5.41, 5.74) is 2.27. The molecule has 35 heavy (non-hydrogen) atoms. The minimum absolute atomic E-state index is 0.0496. The van der Waals surface area contributed by atoms with Crippen LogP contribution in [0.4, 0.5) is 5.69 Å². The zero-order valence-electron chi connectivity index (χ0n) is 19.5. The van der Waals surface area contributed by atoms with Gasteiger partial charge in [0.1, 0.15) is 5.75 Å². The molecule has 0 aromatic heterocycles. The topological polar surface area (TPSA) is 113 Å². The van der Waals surface area contributed by atoms with Crippen molar-refractivity contribution in [1.82, 2.24) is 0 Å². The molecule has 0 saturated carbocycles. The number of sulfonamides is 1.